The van der Waals surface area contributed by atoms with Crippen molar-refractivity contribution in [3.05, 3.63) is 92.8 Å². The molecule has 224 valence electrons. The Morgan fingerprint density at radius 1 is 0.690 bits per heavy atom. The van der Waals surface area contributed by atoms with E-state index in [1.54, 1.807) is 50.5 Å². The third-order valence-corrected chi connectivity index (χ3v) is 9.98. The Hall–Kier alpha value is -1.66. The standard InChI is InChI=1S/C14H13BrCl2N2OS.C14H15Cl2N3OS/c1-7(2)9-6-12(18-19(3)14(9)20)21-13-10(16)4-8(15)5-11(13)17;1-7(2)9-6-12(18-19(3)14(9)20)21-13-10(15)4-8(17)5-11(13)16/h4-7H,1-3H3;4-7H,17H2,1-3H3. The summed E-state index contributed by atoms with van der Waals surface area (Å²) < 4.78 is 3.49. The summed E-state index contributed by atoms with van der Waals surface area (Å²) in [5.74, 6) is 0.241. The maximum Gasteiger partial charge on any atom is 0.270 e. The maximum atomic E-state index is 12.0. The molecule has 0 atom stereocenters. The fourth-order valence-electron chi connectivity index (χ4n) is 3.65. The largest absolute Gasteiger partial charge is 0.399 e. The van der Waals surface area contributed by atoms with Crippen molar-refractivity contribution in [2.24, 2.45) is 14.1 Å². The van der Waals surface area contributed by atoms with Crippen molar-refractivity contribution < 1.29 is 0 Å². The normalized spacial score (nSPS) is 11.2. The quantitative estimate of drug-likeness (QED) is 0.197. The Balaban J connectivity index is 0.000000230. The smallest absolute Gasteiger partial charge is 0.270 e. The average molecular weight is 752 g/mol. The van der Waals surface area contributed by atoms with Crippen LogP contribution in [0.15, 0.2) is 70.3 Å². The first-order chi connectivity index (χ1) is 19.6. The van der Waals surface area contributed by atoms with Crippen molar-refractivity contribution in [1.82, 2.24) is 19.6 Å². The summed E-state index contributed by atoms with van der Waals surface area (Å²) in [4.78, 5) is 25.4. The average Bonchev–Trinajstić information content (AvgIpc) is 2.87. The molecule has 0 radical (unpaired) electrons. The highest BCUT2D eigenvalue weighted by Crippen LogP contribution is 2.41. The summed E-state index contributed by atoms with van der Waals surface area (Å²) in [5, 5.41) is 11.9. The Bertz CT molecular complexity index is 1570. The van der Waals surface area contributed by atoms with Gasteiger partial charge in [0.1, 0.15) is 10.1 Å². The van der Waals surface area contributed by atoms with Crippen molar-refractivity contribution in [1.29, 1.82) is 0 Å². The number of aromatic nitrogens is 4. The van der Waals surface area contributed by atoms with Gasteiger partial charge in [-0.3, -0.25) is 9.59 Å². The van der Waals surface area contributed by atoms with Gasteiger partial charge in [0.05, 0.1) is 29.9 Å². The van der Waals surface area contributed by atoms with Gasteiger partial charge in [-0.25, -0.2) is 9.36 Å². The summed E-state index contributed by atoms with van der Waals surface area (Å²) in [5.41, 5.74) is 7.45. The molecule has 0 amide bonds. The molecule has 2 aromatic heterocycles. The van der Waals surface area contributed by atoms with Gasteiger partial charge >= 0.3 is 0 Å². The minimum atomic E-state index is -0.0937. The van der Waals surface area contributed by atoms with Crippen LogP contribution in [0.3, 0.4) is 0 Å². The number of hydrogen-bond donors (Lipinski definition) is 1. The number of halogens is 5. The Morgan fingerprint density at radius 3 is 1.36 bits per heavy atom. The molecule has 0 unspecified atom stereocenters. The van der Waals surface area contributed by atoms with Crippen LogP contribution in [-0.2, 0) is 14.1 Å². The molecule has 4 aromatic rings. The van der Waals surface area contributed by atoms with Crippen LogP contribution < -0.4 is 16.9 Å². The zero-order chi connectivity index (χ0) is 31.5. The van der Waals surface area contributed by atoms with Crippen molar-refractivity contribution in [3.8, 4) is 0 Å². The summed E-state index contributed by atoms with van der Waals surface area (Å²) in [7, 11) is 3.27. The summed E-state index contributed by atoms with van der Waals surface area (Å²) in [6.07, 6.45) is 0. The van der Waals surface area contributed by atoms with Crippen LogP contribution in [0.25, 0.3) is 0 Å². The lowest BCUT2D eigenvalue weighted by molar-refractivity contribution is 0.642. The van der Waals surface area contributed by atoms with Gasteiger partial charge in [0.25, 0.3) is 11.1 Å². The molecule has 0 spiro atoms. The Labute approximate surface area is 281 Å². The van der Waals surface area contributed by atoms with E-state index < -0.39 is 0 Å². The van der Waals surface area contributed by atoms with Crippen LogP contribution in [0.1, 0.15) is 50.7 Å². The predicted octanol–water partition coefficient (Wildman–Crippen LogP) is 9.07. The van der Waals surface area contributed by atoms with Crippen molar-refractivity contribution in [2.75, 3.05) is 5.73 Å². The molecule has 2 aromatic carbocycles. The number of aryl methyl sites for hydroxylation is 2. The molecule has 0 aliphatic rings. The second kappa shape index (κ2) is 14.9. The number of rotatable bonds is 6. The van der Waals surface area contributed by atoms with Gasteiger partial charge in [-0.05, 0) is 48.2 Å². The molecule has 0 aliphatic heterocycles. The van der Waals surface area contributed by atoms with Crippen molar-refractivity contribution >= 4 is 91.5 Å². The highest BCUT2D eigenvalue weighted by Gasteiger charge is 2.16. The van der Waals surface area contributed by atoms with Crippen molar-refractivity contribution in [3.63, 3.8) is 0 Å². The summed E-state index contributed by atoms with van der Waals surface area (Å²) >= 11 is 30.8. The summed E-state index contributed by atoms with van der Waals surface area (Å²) in [6.45, 7) is 7.89. The van der Waals surface area contributed by atoms with E-state index in [1.165, 1.54) is 32.9 Å². The topological polar surface area (TPSA) is 95.8 Å². The van der Waals surface area contributed by atoms with Gasteiger partial charge in [-0.1, -0.05) is 114 Å². The highest BCUT2D eigenvalue weighted by molar-refractivity contribution is 9.10. The lowest BCUT2D eigenvalue weighted by atomic mass is 10.1. The molecular formula is C28H28BrCl4N5O2S2. The van der Waals surface area contributed by atoms with E-state index in [2.05, 4.69) is 26.1 Å². The molecule has 7 nitrogen and oxygen atoms in total. The van der Waals surface area contributed by atoms with Gasteiger partial charge in [0.2, 0.25) is 0 Å². The highest BCUT2D eigenvalue weighted by atomic mass is 79.9. The molecule has 2 heterocycles. The minimum absolute atomic E-state index is 0.0812. The van der Waals surface area contributed by atoms with Crippen LogP contribution in [-0.4, -0.2) is 19.6 Å². The van der Waals surface area contributed by atoms with Gasteiger partial charge < -0.3 is 5.73 Å². The first kappa shape index (κ1) is 34.8. The molecule has 0 saturated heterocycles. The lowest BCUT2D eigenvalue weighted by Gasteiger charge is -2.11. The molecule has 0 aliphatic carbocycles. The van der Waals surface area contributed by atoms with Crippen molar-refractivity contribution in [2.45, 2.75) is 59.4 Å². The van der Waals surface area contributed by atoms with Crippen LogP contribution in [0.2, 0.25) is 20.1 Å². The third kappa shape index (κ3) is 8.71. The van der Waals surface area contributed by atoms with E-state index in [9.17, 15) is 9.59 Å². The monoisotopic (exact) mass is 749 g/mol. The van der Waals surface area contributed by atoms with E-state index in [0.717, 1.165) is 14.9 Å². The maximum absolute atomic E-state index is 12.0. The third-order valence-electron chi connectivity index (χ3n) is 5.78. The first-order valence-corrected chi connectivity index (χ1v) is 16.4. The van der Waals surface area contributed by atoms with Gasteiger partial charge in [0, 0.05) is 35.4 Å². The van der Waals surface area contributed by atoms with E-state index >= 15 is 0 Å². The lowest BCUT2D eigenvalue weighted by Crippen LogP contribution is -2.24. The zero-order valence-electron chi connectivity index (χ0n) is 23.5. The molecule has 4 rings (SSSR count). The molecule has 0 bridgehead atoms. The Morgan fingerprint density at radius 2 is 1.02 bits per heavy atom. The van der Waals surface area contributed by atoms with Crippen LogP contribution in [0.5, 0.6) is 0 Å². The SMILES string of the molecule is CC(C)c1cc(Sc2c(Cl)cc(Br)cc2Cl)nn(C)c1=O.CC(C)c1cc(Sc2c(Cl)cc(N)cc2Cl)nn(C)c1=O. The minimum Gasteiger partial charge on any atom is -0.399 e. The fourth-order valence-corrected chi connectivity index (χ4v) is 7.56. The van der Waals surface area contributed by atoms with Crippen LogP contribution >= 0.6 is 85.9 Å². The number of anilines is 1. The fraction of sp³-hybridized carbons (Fsp3) is 0.286. The molecule has 42 heavy (non-hydrogen) atoms. The number of nitrogens with zero attached hydrogens (tertiary/aromatic N) is 4. The number of benzene rings is 2. The number of nitrogen functional groups attached to an aromatic ring is 1. The summed E-state index contributed by atoms with van der Waals surface area (Å²) in [6, 6.07) is 10.4. The number of hydrogen-bond acceptors (Lipinski definition) is 7. The van der Waals surface area contributed by atoms with Crippen LogP contribution in [0.4, 0.5) is 5.69 Å². The number of nitrogens with two attached hydrogens (primary N) is 1. The molecule has 2 N–H and O–H groups in total. The second-order valence-corrected chi connectivity index (χ2v) is 14.4. The van der Waals surface area contributed by atoms with Gasteiger partial charge in [-0.2, -0.15) is 10.2 Å². The molecule has 14 heteroatoms. The molecule has 0 saturated carbocycles. The van der Waals surface area contributed by atoms with E-state index in [0.29, 0.717) is 46.3 Å². The van der Waals surface area contributed by atoms with Gasteiger partial charge in [0.15, 0.2) is 0 Å². The Kier molecular flexibility index (Phi) is 12.3. The van der Waals surface area contributed by atoms with E-state index in [4.69, 9.17) is 52.1 Å². The molecular weight excluding hydrogens is 724 g/mol. The second-order valence-electron chi connectivity index (χ2n) is 9.76. The predicted molar refractivity (Wildman–Crippen MR) is 180 cm³/mol. The molecule has 0 fully saturated rings. The first-order valence-electron chi connectivity index (χ1n) is 12.5. The van der Waals surface area contributed by atoms with Crippen LogP contribution in [0, 0.1) is 0 Å². The van der Waals surface area contributed by atoms with E-state index in [1.807, 2.05) is 27.7 Å². The van der Waals surface area contributed by atoms with E-state index in [-0.39, 0.29) is 23.0 Å². The zero-order valence-corrected chi connectivity index (χ0v) is 29.8. The van der Waals surface area contributed by atoms with Gasteiger partial charge in [-0.15, -0.1) is 0 Å².